The molecule has 0 bridgehead atoms. The van der Waals surface area contributed by atoms with Gasteiger partial charge in [0.05, 0.1) is 5.54 Å². The van der Waals surface area contributed by atoms with Crippen molar-refractivity contribution in [3.8, 4) is 0 Å². The summed E-state index contributed by atoms with van der Waals surface area (Å²) in [6, 6.07) is 8.76. The molecule has 1 saturated carbocycles. The molecule has 1 aliphatic carbocycles. The van der Waals surface area contributed by atoms with Crippen LogP contribution >= 0.6 is 12.4 Å². The fourth-order valence-electron chi connectivity index (χ4n) is 3.12. The minimum atomic E-state index is -0.493. The van der Waals surface area contributed by atoms with Gasteiger partial charge in [-0.15, -0.1) is 12.4 Å². The van der Waals surface area contributed by atoms with Gasteiger partial charge in [0.15, 0.2) is 5.82 Å². The highest BCUT2D eigenvalue weighted by atomic mass is 35.5. The van der Waals surface area contributed by atoms with E-state index in [1.807, 2.05) is 32.0 Å². The van der Waals surface area contributed by atoms with Crippen molar-refractivity contribution < 1.29 is 9.32 Å². The maximum absolute atomic E-state index is 12.4. The van der Waals surface area contributed by atoms with Gasteiger partial charge in [-0.2, -0.15) is 4.98 Å². The largest absolute Gasteiger partial charge is 0.340 e. The Morgan fingerprint density at radius 3 is 2.48 bits per heavy atom. The van der Waals surface area contributed by atoms with Crippen molar-refractivity contribution >= 4 is 18.3 Å². The zero-order valence-corrected chi connectivity index (χ0v) is 15.4. The summed E-state index contributed by atoms with van der Waals surface area (Å²) in [6.07, 6.45) is 3.90. The fraction of sp³-hybridized carbons (Fsp3) is 0.500. The monoisotopic (exact) mass is 364 g/mol. The normalized spacial score (nSPS) is 17.1. The van der Waals surface area contributed by atoms with E-state index in [1.165, 1.54) is 0 Å². The summed E-state index contributed by atoms with van der Waals surface area (Å²) < 4.78 is 5.45. The molecule has 25 heavy (non-hydrogen) atoms. The van der Waals surface area contributed by atoms with Gasteiger partial charge < -0.3 is 15.6 Å². The fourth-order valence-corrected chi connectivity index (χ4v) is 3.12. The average molecular weight is 365 g/mol. The van der Waals surface area contributed by atoms with Gasteiger partial charge in [-0.3, -0.25) is 4.79 Å². The lowest BCUT2D eigenvalue weighted by molar-refractivity contribution is 0.0914. The topological polar surface area (TPSA) is 94.0 Å². The molecule has 0 spiro atoms. The molecule has 1 heterocycles. The predicted octanol–water partition coefficient (Wildman–Crippen LogP) is 3.35. The summed E-state index contributed by atoms with van der Waals surface area (Å²) in [5.74, 6) is 0.927. The number of nitrogens with one attached hydrogen (secondary N) is 1. The maximum atomic E-state index is 12.4. The number of carbonyl (C=O) groups is 1. The summed E-state index contributed by atoms with van der Waals surface area (Å²) >= 11 is 0. The van der Waals surface area contributed by atoms with Crippen molar-refractivity contribution in [2.45, 2.75) is 51.1 Å². The molecular weight excluding hydrogens is 340 g/mol. The van der Waals surface area contributed by atoms with Gasteiger partial charge in [0, 0.05) is 5.56 Å². The molecule has 1 atom stereocenters. The highest BCUT2D eigenvalue weighted by molar-refractivity contribution is 5.94. The van der Waals surface area contributed by atoms with Gasteiger partial charge in [0.1, 0.15) is 6.04 Å². The molecule has 3 rings (SSSR count). The molecule has 0 saturated heterocycles. The smallest absolute Gasteiger partial charge is 0.251 e. The van der Waals surface area contributed by atoms with Crippen molar-refractivity contribution in [2.24, 2.45) is 11.7 Å². The van der Waals surface area contributed by atoms with E-state index in [0.29, 0.717) is 17.3 Å². The molecule has 1 fully saturated rings. The van der Waals surface area contributed by atoms with E-state index in [9.17, 15) is 4.79 Å². The van der Waals surface area contributed by atoms with Crippen LogP contribution in [-0.4, -0.2) is 16.0 Å². The van der Waals surface area contributed by atoms with Gasteiger partial charge in [-0.1, -0.05) is 50.0 Å². The first-order valence-corrected chi connectivity index (χ1v) is 8.48. The van der Waals surface area contributed by atoms with E-state index in [-0.39, 0.29) is 30.3 Å². The summed E-state index contributed by atoms with van der Waals surface area (Å²) in [5.41, 5.74) is 6.50. The second-order valence-corrected chi connectivity index (χ2v) is 6.88. The number of benzene rings is 1. The van der Waals surface area contributed by atoms with Crippen LogP contribution < -0.4 is 11.1 Å². The SMILES string of the molecule is CC(C)C(NC(=O)c1ccccc1)c1nc(C2(N)CCCC2)no1.Cl. The van der Waals surface area contributed by atoms with E-state index < -0.39 is 5.54 Å². The van der Waals surface area contributed by atoms with Gasteiger partial charge >= 0.3 is 0 Å². The molecule has 1 aromatic carbocycles. The van der Waals surface area contributed by atoms with E-state index >= 15 is 0 Å². The minimum Gasteiger partial charge on any atom is -0.340 e. The first-order valence-electron chi connectivity index (χ1n) is 8.48. The maximum Gasteiger partial charge on any atom is 0.251 e. The summed E-state index contributed by atoms with van der Waals surface area (Å²) in [4.78, 5) is 16.9. The standard InChI is InChI=1S/C18H24N4O2.ClH/c1-12(2)14(20-15(23)13-8-4-3-5-9-13)16-21-17(22-24-16)18(19)10-6-7-11-18;/h3-5,8-9,12,14H,6-7,10-11,19H2,1-2H3,(H,20,23);1H. The van der Waals surface area contributed by atoms with Gasteiger partial charge in [-0.05, 0) is 30.9 Å². The molecule has 0 aliphatic heterocycles. The van der Waals surface area contributed by atoms with Crippen LogP contribution in [0.4, 0.5) is 0 Å². The molecule has 2 aromatic rings. The highest BCUT2D eigenvalue weighted by Gasteiger charge is 2.37. The van der Waals surface area contributed by atoms with E-state index in [2.05, 4.69) is 15.5 Å². The van der Waals surface area contributed by atoms with Gasteiger partial charge in [-0.25, -0.2) is 0 Å². The van der Waals surface area contributed by atoms with Crippen molar-refractivity contribution in [3.63, 3.8) is 0 Å². The lowest BCUT2D eigenvalue weighted by Crippen LogP contribution is -2.35. The third-order valence-electron chi connectivity index (χ3n) is 4.64. The van der Waals surface area contributed by atoms with Crippen LogP contribution in [0.1, 0.15) is 67.6 Å². The molecular formula is C18H25ClN4O2. The van der Waals surface area contributed by atoms with Crippen LogP contribution in [0.3, 0.4) is 0 Å². The van der Waals surface area contributed by atoms with Crippen LogP contribution in [0.5, 0.6) is 0 Å². The van der Waals surface area contributed by atoms with E-state index in [0.717, 1.165) is 25.7 Å². The Morgan fingerprint density at radius 2 is 1.88 bits per heavy atom. The Kier molecular flexibility index (Phi) is 6.19. The first kappa shape index (κ1) is 19.4. The number of aromatic nitrogens is 2. The highest BCUT2D eigenvalue weighted by Crippen LogP contribution is 2.35. The van der Waals surface area contributed by atoms with Crippen LogP contribution in [0.2, 0.25) is 0 Å². The number of hydrogen-bond donors (Lipinski definition) is 2. The summed E-state index contributed by atoms with van der Waals surface area (Å²) in [5, 5.41) is 7.08. The van der Waals surface area contributed by atoms with Gasteiger partial charge in [0.2, 0.25) is 5.89 Å². The number of halogens is 1. The Hall–Kier alpha value is -1.92. The third kappa shape index (κ3) is 4.19. The zero-order chi connectivity index (χ0) is 17.2. The molecule has 1 amide bonds. The van der Waals surface area contributed by atoms with E-state index in [1.54, 1.807) is 12.1 Å². The lowest BCUT2D eigenvalue weighted by atomic mass is 9.98. The quantitative estimate of drug-likeness (QED) is 0.848. The second kappa shape index (κ2) is 7.97. The molecule has 1 aromatic heterocycles. The van der Waals surface area contributed by atoms with Gasteiger partial charge in [0.25, 0.3) is 5.91 Å². The lowest BCUT2D eigenvalue weighted by Gasteiger charge is -2.19. The van der Waals surface area contributed by atoms with Crippen molar-refractivity contribution in [1.82, 2.24) is 15.5 Å². The van der Waals surface area contributed by atoms with Crippen LogP contribution in [0.15, 0.2) is 34.9 Å². The van der Waals surface area contributed by atoms with E-state index in [4.69, 9.17) is 10.3 Å². The molecule has 0 radical (unpaired) electrons. The van der Waals surface area contributed by atoms with Crippen molar-refractivity contribution in [3.05, 3.63) is 47.6 Å². The third-order valence-corrected chi connectivity index (χ3v) is 4.64. The molecule has 7 heteroatoms. The average Bonchev–Trinajstić information content (AvgIpc) is 3.23. The van der Waals surface area contributed by atoms with Crippen molar-refractivity contribution in [1.29, 1.82) is 0 Å². The first-order chi connectivity index (χ1) is 11.5. The Balaban J connectivity index is 0.00000225. The summed E-state index contributed by atoms with van der Waals surface area (Å²) in [7, 11) is 0. The Bertz CT molecular complexity index is 696. The number of rotatable bonds is 5. The number of nitrogens with zero attached hydrogens (tertiary/aromatic N) is 2. The molecule has 1 aliphatic rings. The second-order valence-electron chi connectivity index (χ2n) is 6.88. The van der Waals surface area contributed by atoms with Crippen LogP contribution in [0, 0.1) is 5.92 Å². The number of nitrogens with two attached hydrogens (primary N) is 1. The molecule has 3 N–H and O–H groups in total. The number of hydrogen-bond acceptors (Lipinski definition) is 5. The number of carbonyl (C=O) groups excluding carboxylic acids is 1. The zero-order valence-electron chi connectivity index (χ0n) is 14.6. The van der Waals surface area contributed by atoms with Crippen LogP contribution in [-0.2, 0) is 5.54 Å². The van der Waals surface area contributed by atoms with Crippen molar-refractivity contribution in [2.75, 3.05) is 0 Å². The Labute approximate surface area is 154 Å². The molecule has 1 unspecified atom stereocenters. The minimum absolute atomic E-state index is 0. The number of amides is 1. The predicted molar refractivity (Wildman–Crippen MR) is 97.4 cm³/mol. The Morgan fingerprint density at radius 1 is 1.24 bits per heavy atom. The molecule has 6 nitrogen and oxygen atoms in total. The summed E-state index contributed by atoms with van der Waals surface area (Å²) in [6.45, 7) is 4.02. The molecule has 136 valence electrons. The van der Waals surface area contributed by atoms with Crippen LogP contribution in [0.25, 0.3) is 0 Å².